The minimum absolute atomic E-state index is 0.183. The molecular formula is C19H18F6S2. The average Bonchev–Trinajstić information content (AvgIpc) is 2.95. The Hall–Kier alpha value is -1.28. The molecule has 148 valence electrons. The van der Waals surface area contributed by atoms with Crippen LogP contribution < -0.4 is 0 Å². The molecule has 8 heteroatoms. The highest BCUT2D eigenvalue weighted by atomic mass is 32.1. The van der Waals surface area contributed by atoms with Crippen molar-refractivity contribution in [3.05, 3.63) is 41.8 Å². The predicted octanol–water partition coefficient (Wildman–Crippen LogP) is 7.49. The van der Waals surface area contributed by atoms with E-state index in [1.807, 2.05) is 0 Å². The van der Waals surface area contributed by atoms with E-state index in [4.69, 9.17) is 0 Å². The summed E-state index contributed by atoms with van der Waals surface area (Å²) >= 11 is 2.28. The smallest absolute Gasteiger partial charge is 0.194 e. The van der Waals surface area contributed by atoms with E-state index in [9.17, 15) is 26.3 Å². The number of hydrogen-bond donors (Lipinski definition) is 0. The Balaban J connectivity index is 2.55. The fourth-order valence-electron chi connectivity index (χ4n) is 3.71. The molecule has 0 saturated heterocycles. The molecule has 0 aromatic carbocycles. The molecule has 0 fully saturated rings. The first-order valence-electron chi connectivity index (χ1n) is 8.20. The monoisotopic (exact) mass is 424 g/mol. The fraction of sp³-hybridized carbons (Fsp3) is 0.474. The van der Waals surface area contributed by atoms with E-state index < -0.39 is 28.9 Å². The highest BCUT2D eigenvalue weighted by Crippen LogP contribution is 2.66. The Morgan fingerprint density at radius 3 is 1.04 bits per heavy atom. The topological polar surface area (TPSA) is 0 Å². The summed E-state index contributed by atoms with van der Waals surface area (Å²) in [5.74, 6) is -15.5. The van der Waals surface area contributed by atoms with Crippen molar-refractivity contribution >= 4 is 33.8 Å². The molecule has 2 aromatic rings. The Morgan fingerprint density at radius 1 is 0.519 bits per heavy atom. The molecule has 0 amide bonds. The number of alkyl halides is 6. The fourth-order valence-corrected chi connectivity index (χ4v) is 5.85. The van der Waals surface area contributed by atoms with Crippen LogP contribution in [0.2, 0.25) is 0 Å². The Kier molecular flexibility index (Phi) is 4.44. The molecule has 27 heavy (non-hydrogen) atoms. The van der Waals surface area contributed by atoms with Gasteiger partial charge in [0.25, 0.3) is 0 Å². The van der Waals surface area contributed by atoms with Crippen molar-refractivity contribution in [2.45, 2.75) is 59.3 Å². The lowest BCUT2D eigenvalue weighted by Gasteiger charge is -2.26. The molecule has 3 rings (SSSR count). The number of hydrogen-bond acceptors (Lipinski definition) is 2. The Morgan fingerprint density at radius 2 is 0.815 bits per heavy atom. The van der Waals surface area contributed by atoms with Crippen LogP contribution in [0.5, 0.6) is 0 Å². The van der Waals surface area contributed by atoms with Crippen LogP contribution >= 0.6 is 22.7 Å². The van der Waals surface area contributed by atoms with E-state index in [2.05, 4.69) is 0 Å². The number of allylic oxidation sites excluding steroid dienone is 2. The summed E-state index contributed by atoms with van der Waals surface area (Å²) in [7, 11) is 0. The molecule has 0 bridgehead atoms. The van der Waals surface area contributed by atoms with Crippen molar-refractivity contribution in [3.8, 4) is 0 Å². The normalized spacial score (nSPS) is 20.6. The molecule has 0 nitrogen and oxygen atoms in total. The zero-order chi connectivity index (χ0) is 20.7. The van der Waals surface area contributed by atoms with Gasteiger partial charge in [0.1, 0.15) is 0 Å². The molecule has 0 unspecified atom stereocenters. The summed E-state index contributed by atoms with van der Waals surface area (Å²) in [6.45, 7) is 9.31. The molecule has 2 aromatic heterocycles. The summed E-state index contributed by atoms with van der Waals surface area (Å²) < 4.78 is 88.2. The summed E-state index contributed by atoms with van der Waals surface area (Å²) in [6.07, 6.45) is 0. The van der Waals surface area contributed by atoms with Crippen LogP contribution in [-0.4, -0.2) is 17.8 Å². The van der Waals surface area contributed by atoms with Gasteiger partial charge < -0.3 is 0 Å². The number of aryl methyl sites for hydroxylation is 4. The van der Waals surface area contributed by atoms with Gasteiger partial charge >= 0.3 is 17.8 Å². The predicted molar refractivity (Wildman–Crippen MR) is 98.7 cm³/mol. The number of rotatable bonds is 2. The molecule has 0 radical (unpaired) electrons. The lowest BCUT2D eigenvalue weighted by molar-refractivity contribution is -0.254. The van der Waals surface area contributed by atoms with Crippen molar-refractivity contribution < 1.29 is 26.3 Å². The molecular weight excluding hydrogens is 406 g/mol. The second kappa shape index (κ2) is 5.86. The first-order valence-corrected chi connectivity index (χ1v) is 9.83. The van der Waals surface area contributed by atoms with Crippen LogP contribution in [0.3, 0.4) is 0 Å². The van der Waals surface area contributed by atoms with Gasteiger partial charge in [-0.25, -0.2) is 0 Å². The van der Waals surface area contributed by atoms with Gasteiger partial charge in [-0.2, -0.15) is 26.3 Å². The Labute approximate surface area is 161 Å². The van der Waals surface area contributed by atoms with Crippen LogP contribution in [0.4, 0.5) is 26.3 Å². The third kappa shape index (κ3) is 2.41. The first kappa shape index (κ1) is 20.5. The molecule has 0 aliphatic heterocycles. The van der Waals surface area contributed by atoms with Gasteiger partial charge in [0.2, 0.25) is 0 Å². The standard InChI is InChI=1S/C19H18F6S2/c1-7-9(3)26-11(5)13(7)15-16(14-8(2)10(4)27-12(14)6)18(22,23)19(24,25)17(15,20)21/h1-6H3. The quantitative estimate of drug-likeness (QED) is 0.438. The van der Waals surface area contributed by atoms with Gasteiger partial charge in [0, 0.05) is 41.8 Å². The lowest BCUT2D eigenvalue weighted by Crippen LogP contribution is -2.49. The van der Waals surface area contributed by atoms with E-state index in [0.717, 1.165) is 22.7 Å². The minimum atomic E-state index is -5.51. The third-order valence-electron chi connectivity index (χ3n) is 5.29. The first-order chi connectivity index (χ1) is 12.2. The molecule has 0 atom stereocenters. The van der Waals surface area contributed by atoms with Gasteiger partial charge in [0.15, 0.2) is 0 Å². The molecule has 0 spiro atoms. The van der Waals surface area contributed by atoms with Crippen LogP contribution in [0, 0.1) is 41.5 Å². The molecule has 2 heterocycles. The SMILES string of the molecule is Cc1sc(C)c(C2=C(c3c(C)sc(C)c3C)C(F)(F)C(F)(F)C2(F)F)c1C. The van der Waals surface area contributed by atoms with E-state index in [0.29, 0.717) is 30.6 Å². The lowest BCUT2D eigenvalue weighted by atomic mass is 9.91. The summed E-state index contributed by atoms with van der Waals surface area (Å²) in [6, 6.07) is 0. The summed E-state index contributed by atoms with van der Waals surface area (Å²) in [4.78, 5) is 1.93. The van der Waals surface area contributed by atoms with Gasteiger partial charge in [-0.15, -0.1) is 22.7 Å². The highest BCUT2D eigenvalue weighted by molar-refractivity contribution is 7.12. The molecule has 0 N–H and O–H groups in total. The van der Waals surface area contributed by atoms with Crippen LogP contribution in [0.15, 0.2) is 0 Å². The maximum absolute atomic E-state index is 14.9. The Bertz CT molecular complexity index is 899. The molecule has 0 saturated carbocycles. The van der Waals surface area contributed by atoms with E-state index in [1.165, 1.54) is 27.7 Å². The van der Waals surface area contributed by atoms with Crippen molar-refractivity contribution in [1.82, 2.24) is 0 Å². The second-order valence-corrected chi connectivity index (χ2v) is 9.76. The highest BCUT2D eigenvalue weighted by Gasteiger charge is 2.80. The van der Waals surface area contributed by atoms with E-state index in [1.54, 1.807) is 13.8 Å². The van der Waals surface area contributed by atoms with E-state index in [-0.39, 0.29) is 11.1 Å². The van der Waals surface area contributed by atoms with Gasteiger partial charge in [-0.1, -0.05) is 0 Å². The largest absolute Gasteiger partial charge is 0.380 e. The van der Waals surface area contributed by atoms with Gasteiger partial charge in [-0.3, -0.25) is 0 Å². The van der Waals surface area contributed by atoms with Crippen LogP contribution in [0.1, 0.15) is 41.8 Å². The number of thiophene rings is 2. The summed E-state index contributed by atoms with van der Waals surface area (Å²) in [5.41, 5.74) is -2.17. The molecule has 1 aliphatic rings. The zero-order valence-electron chi connectivity index (χ0n) is 15.6. The zero-order valence-corrected chi connectivity index (χ0v) is 17.2. The van der Waals surface area contributed by atoms with Gasteiger partial charge in [-0.05, 0) is 52.7 Å². The minimum Gasteiger partial charge on any atom is -0.194 e. The van der Waals surface area contributed by atoms with Crippen molar-refractivity contribution in [3.63, 3.8) is 0 Å². The van der Waals surface area contributed by atoms with Crippen LogP contribution in [0.25, 0.3) is 11.1 Å². The van der Waals surface area contributed by atoms with Crippen molar-refractivity contribution in [2.24, 2.45) is 0 Å². The van der Waals surface area contributed by atoms with Crippen LogP contribution in [-0.2, 0) is 0 Å². The number of halogens is 6. The third-order valence-corrected chi connectivity index (χ3v) is 7.53. The molecule has 1 aliphatic carbocycles. The maximum Gasteiger partial charge on any atom is 0.380 e. The second-order valence-electron chi connectivity index (χ2n) is 6.90. The van der Waals surface area contributed by atoms with Crippen molar-refractivity contribution in [2.75, 3.05) is 0 Å². The van der Waals surface area contributed by atoms with E-state index >= 15 is 0 Å². The maximum atomic E-state index is 14.9. The average molecular weight is 424 g/mol. The van der Waals surface area contributed by atoms with Gasteiger partial charge in [0.05, 0.1) is 0 Å². The van der Waals surface area contributed by atoms with Crippen molar-refractivity contribution in [1.29, 1.82) is 0 Å². The summed E-state index contributed by atoms with van der Waals surface area (Å²) in [5, 5.41) is 0.